The van der Waals surface area contributed by atoms with Crippen LogP contribution in [0.25, 0.3) is 0 Å². The zero-order valence-corrected chi connectivity index (χ0v) is 17.8. The minimum Gasteiger partial charge on any atom is -0.611 e. The van der Waals surface area contributed by atoms with Gasteiger partial charge in [0.05, 0.1) is 15.6 Å². The van der Waals surface area contributed by atoms with Crippen LogP contribution >= 0.6 is 34.5 Å². The van der Waals surface area contributed by atoms with Crippen molar-refractivity contribution in [3.8, 4) is 0 Å². The number of amides is 1. The van der Waals surface area contributed by atoms with Gasteiger partial charge in [-0.3, -0.25) is 9.59 Å². The van der Waals surface area contributed by atoms with Gasteiger partial charge in [-0.15, -0.1) is 0 Å². The van der Waals surface area contributed by atoms with Crippen LogP contribution < -0.4 is 16.8 Å². The van der Waals surface area contributed by atoms with Crippen LogP contribution in [0, 0.1) is 0 Å². The van der Waals surface area contributed by atoms with Gasteiger partial charge in [-0.05, 0) is 35.4 Å². The molecule has 0 fully saturated rings. The molecule has 0 radical (unpaired) electrons. The number of benzene rings is 2. The van der Waals surface area contributed by atoms with E-state index in [2.05, 4.69) is 10.3 Å². The summed E-state index contributed by atoms with van der Waals surface area (Å²) >= 11 is 11.7. The Bertz CT molecular complexity index is 1070. The molecular weight excluding hydrogens is 455 g/mol. The number of aromatic nitrogens is 1. The summed E-state index contributed by atoms with van der Waals surface area (Å²) in [5.41, 5.74) is 11.7. The van der Waals surface area contributed by atoms with Crippen molar-refractivity contribution in [1.82, 2.24) is 4.98 Å². The summed E-state index contributed by atoms with van der Waals surface area (Å²) in [7, 11) is 0. The third-order valence-electron chi connectivity index (χ3n) is 3.67. The first-order valence-electron chi connectivity index (χ1n) is 8.05. The van der Waals surface area contributed by atoms with Crippen LogP contribution in [0.1, 0.15) is 15.2 Å². The Morgan fingerprint density at radius 2 is 1.83 bits per heavy atom. The van der Waals surface area contributed by atoms with Gasteiger partial charge in [0.1, 0.15) is 10.7 Å². The number of thiazole rings is 1. The van der Waals surface area contributed by atoms with Crippen LogP contribution in [0.2, 0.25) is 10.0 Å². The fourth-order valence-corrected chi connectivity index (χ4v) is 4.76. The highest BCUT2D eigenvalue weighted by atomic mass is 35.5. The minimum absolute atomic E-state index is 0.0342. The van der Waals surface area contributed by atoms with Crippen LogP contribution in [0.5, 0.6) is 0 Å². The van der Waals surface area contributed by atoms with E-state index in [0.29, 0.717) is 15.7 Å². The number of hydrogen-bond donors (Lipinski definition) is 3. The van der Waals surface area contributed by atoms with Crippen LogP contribution in [-0.4, -0.2) is 27.0 Å². The first-order chi connectivity index (χ1) is 13.8. The molecular formula is C18H14Cl2N4O3S2. The largest absolute Gasteiger partial charge is 0.611 e. The lowest BCUT2D eigenvalue weighted by Gasteiger charge is -2.10. The lowest BCUT2D eigenvalue weighted by Crippen LogP contribution is -2.23. The molecule has 0 spiro atoms. The van der Waals surface area contributed by atoms with Crippen LogP contribution in [0.3, 0.4) is 0 Å². The van der Waals surface area contributed by atoms with Gasteiger partial charge in [-0.25, -0.2) is 4.98 Å². The highest BCUT2D eigenvalue weighted by Crippen LogP contribution is 2.34. The second kappa shape index (κ2) is 9.02. The fraction of sp³-hybridized carbons (Fsp3) is 0.0556. The number of hydrogen-bond acceptors (Lipinski definition) is 7. The van der Waals surface area contributed by atoms with E-state index in [1.807, 2.05) is 0 Å². The van der Waals surface area contributed by atoms with Gasteiger partial charge in [0.15, 0.2) is 15.8 Å². The topological polar surface area (TPSA) is 134 Å². The molecule has 0 aliphatic carbocycles. The molecule has 29 heavy (non-hydrogen) atoms. The van der Waals surface area contributed by atoms with E-state index in [4.69, 9.17) is 34.7 Å². The summed E-state index contributed by atoms with van der Waals surface area (Å²) < 4.78 is 12.1. The highest BCUT2D eigenvalue weighted by molar-refractivity contribution is 7.92. The Kier molecular flexibility index (Phi) is 6.66. The van der Waals surface area contributed by atoms with Gasteiger partial charge in [-0.2, -0.15) is 0 Å². The number of carbonyl (C=O) groups excluding carboxylic acids is 2. The van der Waals surface area contributed by atoms with Crippen molar-refractivity contribution in [2.24, 2.45) is 5.73 Å². The lowest BCUT2D eigenvalue weighted by atomic mass is 10.1. The number of anilines is 3. The Hall–Kier alpha value is -2.30. The molecule has 0 aliphatic rings. The Balaban J connectivity index is 1.84. The van der Waals surface area contributed by atoms with Crippen molar-refractivity contribution < 1.29 is 14.1 Å². The predicted molar refractivity (Wildman–Crippen MR) is 117 cm³/mol. The number of rotatable bonds is 7. The molecule has 1 atom stereocenters. The highest BCUT2D eigenvalue weighted by Gasteiger charge is 2.23. The van der Waals surface area contributed by atoms with E-state index in [0.717, 1.165) is 11.3 Å². The Morgan fingerprint density at radius 3 is 2.48 bits per heavy atom. The van der Waals surface area contributed by atoms with Gasteiger partial charge >= 0.3 is 0 Å². The van der Waals surface area contributed by atoms with Gasteiger partial charge in [-0.1, -0.05) is 46.7 Å². The van der Waals surface area contributed by atoms with Crippen molar-refractivity contribution in [3.63, 3.8) is 0 Å². The second-order valence-electron chi connectivity index (χ2n) is 5.77. The summed E-state index contributed by atoms with van der Waals surface area (Å²) in [5.74, 6) is -1.33. The molecule has 2 aromatic carbocycles. The molecule has 0 bridgehead atoms. The Morgan fingerprint density at radius 1 is 1.17 bits per heavy atom. The third-order valence-corrected chi connectivity index (χ3v) is 6.61. The quantitative estimate of drug-likeness (QED) is 0.358. The SMILES string of the molecule is NC(=O)C[S+]([O-])c1cccc(Nc2nc(N)c(C(=O)c3c(Cl)cccc3Cl)s2)c1. The van der Waals surface area contributed by atoms with Gasteiger partial charge < -0.3 is 21.3 Å². The summed E-state index contributed by atoms with van der Waals surface area (Å²) in [5, 5.41) is 3.80. The van der Waals surface area contributed by atoms with Crippen molar-refractivity contribution in [1.29, 1.82) is 0 Å². The van der Waals surface area contributed by atoms with Crippen LogP contribution in [0.15, 0.2) is 47.4 Å². The molecule has 7 nitrogen and oxygen atoms in total. The van der Waals surface area contributed by atoms with Gasteiger partial charge in [0, 0.05) is 11.8 Å². The number of carbonyl (C=O) groups is 2. The van der Waals surface area contributed by atoms with E-state index in [1.165, 1.54) is 0 Å². The van der Waals surface area contributed by atoms with E-state index in [-0.39, 0.29) is 32.1 Å². The number of nitrogens with one attached hydrogen (secondary N) is 1. The average Bonchev–Trinajstić information content (AvgIpc) is 3.01. The molecule has 3 rings (SSSR count). The molecule has 0 aliphatic heterocycles. The van der Waals surface area contributed by atoms with E-state index in [9.17, 15) is 14.1 Å². The molecule has 11 heteroatoms. The molecule has 0 saturated heterocycles. The molecule has 1 amide bonds. The average molecular weight is 469 g/mol. The minimum atomic E-state index is -1.56. The number of nitrogen functional groups attached to an aromatic ring is 1. The molecule has 150 valence electrons. The molecule has 1 aromatic heterocycles. The summed E-state index contributed by atoms with van der Waals surface area (Å²) in [6.07, 6.45) is 0. The van der Waals surface area contributed by atoms with Crippen molar-refractivity contribution in [2.45, 2.75) is 4.90 Å². The van der Waals surface area contributed by atoms with Gasteiger partial charge in [0.2, 0.25) is 5.78 Å². The maximum atomic E-state index is 12.8. The first-order valence-corrected chi connectivity index (χ1v) is 10.9. The number of halogens is 2. The fourth-order valence-electron chi connectivity index (χ4n) is 2.43. The first kappa shape index (κ1) is 21.4. The van der Waals surface area contributed by atoms with E-state index >= 15 is 0 Å². The standard InChI is InChI=1S/C18H14Cl2N4O3S2/c19-11-5-2-6-12(20)14(11)15(26)16-17(22)24-18(28-16)23-9-3-1-4-10(7-9)29(27)8-13(21)25/h1-7H,8,22H2,(H2,21,25)(H,23,24). The Labute approximate surface area is 183 Å². The van der Waals surface area contributed by atoms with Crippen molar-refractivity contribution >= 4 is 74.0 Å². The monoisotopic (exact) mass is 468 g/mol. The van der Waals surface area contributed by atoms with Crippen LogP contribution in [0.4, 0.5) is 16.6 Å². The summed E-state index contributed by atoms with van der Waals surface area (Å²) in [4.78, 5) is 28.6. The smallest absolute Gasteiger partial charge is 0.267 e. The maximum Gasteiger partial charge on any atom is 0.267 e. The molecule has 1 unspecified atom stereocenters. The number of nitrogens with zero attached hydrogens (tertiary/aromatic N) is 1. The molecule has 0 saturated carbocycles. The normalized spacial score (nSPS) is 11.8. The second-order valence-corrected chi connectivity index (χ2v) is 9.03. The van der Waals surface area contributed by atoms with Gasteiger partial charge in [0.25, 0.3) is 5.91 Å². The zero-order valence-electron chi connectivity index (χ0n) is 14.6. The van der Waals surface area contributed by atoms with Crippen molar-refractivity contribution in [3.05, 3.63) is 63.0 Å². The summed E-state index contributed by atoms with van der Waals surface area (Å²) in [6.45, 7) is 0. The molecule has 3 aromatic rings. The third kappa shape index (κ3) is 5.01. The predicted octanol–water partition coefficient (Wildman–Crippen LogP) is 3.60. The lowest BCUT2D eigenvalue weighted by molar-refractivity contribution is -0.115. The summed E-state index contributed by atoms with van der Waals surface area (Å²) in [6, 6.07) is 11.4. The number of primary amides is 1. The molecule has 1 heterocycles. The number of ketones is 1. The molecule has 5 N–H and O–H groups in total. The number of nitrogens with two attached hydrogens (primary N) is 2. The van der Waals surface area contributed by atoms with E-state index < -0.39 is 22.9 Å². The zero-order chi connectivity index (χ0) is 21.1. The maximum absolute atomic E-state index is 12.8. The van der Waals surface area contributed by atoms with E-state index in [1.54, 1.807) is 42.5 Å². The van der Waals surface area contributed by atoms with Crippen molar-refractivity contribution in [2.75, 3.05) is 16.8 Å². The van der Waals surface area contributed by atoms with Crippen LogP contribution in [-0.2, 0) is 16.0 Å².